The molecular formula is C31H26NP. The second-order valence-electron chi connectivity index (χ2n) is 8.69. The number of aromatic nitrogens is 1. The zero-order valence-corrected chi connectivity index (χ0v) is 19.5. The van der Waals surface area contributed by atoms with Crippen LogP contribution in [0.4, 0.5) is 0 Å². The van der Waals surface area contributed by atoms with Crippen LogP contribution in [0.25, 0.3) is 22.0 Å². The lowest BCUT2D eigenvalue weighted by molar-refractivity contribution is 0.687. The van der Waals surface area contributed by atoms with Crippen LogP contribution in [0, 0.1) is 0 Å². The Morgan fingerprint density at radius 1 is 0.606 bits per heavy atom. The Morgan fingerprint density at radius 2 is 1.27 bits per heavy atom. The molecule has 33 heavy (non-hydrogen) atoms. The molecule has 1 heterocycles. The largest absolute Gasteiger partial charge is 0.256 e. The Labute approximate surface area is 196 Å². The van der Waals surface area contributed by atoms with Crippen molar-refractivity contribution in [2.75, 3.05) is 0 Å². The average molecular weight is 444 g/mol. The van der Waals surface area contributed by atoms with Crippen molar-refractivity contribution in [3.8, 4) is 11.3 Å². The number of rotatable bonds is 4. The topological polar surface area (TPSA) is 12.9 Å². The van der Waals surface area contributed by atoms with Gasteiger partial charge in [-0.05, 0) is 72.1 Å². The molecule has 4 aromatic carbocycles. The first-order valence-corrected chi connectivity index (χ1v) is 13.1. The van der Waals surface area contributed by atoms with E-state index in [2.05, 4.69) is 103 Å². The highest BCUT2D eigenvalue weighted by atomic mass is 31.1. The van der Waals surface area contributed by atoms with E-state index < -0.39 is 7.92 Å². The molecule has 1 aliphatic carbocycles. The van der Waals surface area contributed by atoms with E-state index >= 15 is 0 Å². The van der Waals surface area contributed by atoms with Crippen LogP contribution in [-0.4, -0.2) is 4.98 Å². The summed E-state index contributed by atoms with van der Waals surface area (Å²) in [6.45, 7) is 0. The molecule has 5 aromatic rings. The van der Waals surface area contributed by atoms with E-state index in [1.54, 1.807) is 0 Å². The number of hydrogen-bond acceptors (Lipinski definition) is 1. The third-order valence-electron chi connectivity index (χ3n) is 6.69. The minimum Gasteiger partial charge on any atom is -0.256 e. The van der Waals surface area contributed by atoms with Gasteiger partial charge in [0.05, 0.1) is 5.69 Å². The molecule has 2 heteroatoms. The molecule has 0 saturated heterocycles. The average Bonchev–Trinajstić information content (AvgIpc) is 2.90. The molecule has 0 saturated carbocycles. The maximum absolute atomic E-state index is 5.03. The molecule has 0 radical (unpaired) electrons. The fourth-order valence-electron chi connectivity index (χ4n) is 5.17. The molecule has 0 aliphatic heterocycles. The number of nitrogens with zero attached hydrogens (tertiary/aromatic N) is 1. The van der Waals surface area contributed by atoms with E-state index in [9.17, 15) is 0 Å². The van der Waals surface area contributed by atoms with Gasteiger partial charge in [-0.25, -0.2) is 0 Å². The second kappa shape index (κ2) is 8.93. The van der Waals surface area contributed by atoms with Gasteiger partial charge in [-0.15, -0.1) is 0 Å². The SMILES string of the molecule is c1ccc(P(c2ccccc2)c2ccc3c(c2-c2nccc4ccccc24)CCCC3)cc1. The van der Waals surface area contributed by atoms with Gasteiger partial charge in [0.2, 0.25) is 0 Å². The fraction of sp³-hybridized carbons (Fsp3) is 0.129. The normalized spacial score (nSPS) is 13.2. The Morgan fingerprint density at radius 3 is 2.03 bits per heavy atom. The minimum atomic E-state index is -0.701. The fourth-order valence-corrected chi connectivity index (χ4v) is 7.65. The lowest BCUT2D eigenvalue weighted by Gasteiger charge is -2.27. The highest BCUT2D eigenvalue weighted by molar-refractivity contribution is 7.80. The standard InChI is InChI=1S/C31H26NP/c1-3-13-25(14-4-1)33(26-15-5-2-6-16-26)29-20-19-23-11-7-9-17-27(23)30(29)31-28-18-10-8-12-24(28)21-22-32-31/h1-6,8,10,12-16,18-22H,7,9,11,17H2. The van der Waals surface area contributed by atoms with E-state index in [4.69, 9.17) is 4.98 Å². The summed E-state index contributed by atoms with van der Waals surface area (Å²) in [6.07, 6.45) is 6.82. The maximum Gasteiger partial charge on any atom is 0.0789 e. The van der Waals surface area contributed by atoms with Crippen LogP contribution in [0.15, 0.2) is 109 Å². The van der Waals surface area contributed by atoms with E-state index in [1.807, 2.05) is 6.20 Å². The van der Waals surface area contributed by atoms with E-state index in [-0.39, 0.29) is 0 Å². The molecule has 0 bridgehead atoms. The summed E-state index contributed by atoms with van der Waals surface area (Å²) < 4.78 is 0. The molecule has 160 valence electrons. The first-order chi connectivity index (χ1) is 16.4. The molecule has 0 fully saturated rings. The highest BCUT2D eigenvalue weighted by Gasteiger charge is 2.26. The summed E-state index contributed by atoms with van der Waals surface area (Å²) in [5.41, 5.74) is 5.54. The van der Waals surface area contributed by atoms with Gasteiger partial charge >= 0.3 is 0 Å². The van der Waals surface area contributed by atoms with Gasteiger partial charge in [0, 0.05) is 17.1 Å². The quantitative estimate of drug-likeness (QED) is 0.288. The Bertz CT molecular complexity index is 1360. The number of pyridine rings is 1. The van der Waals surface area contributed by atoms with Crippen molar-refractivity contribution < 1.29 is 0 Å². The van der Waals surface area contributed by atoms with Gasteiger partial charge < -0.3 is 0 Å². The van der Waals surface area contributed by atoms with Crippen molar-refractivity contribution >= 4 is 34.6 Å². The minimum absolute atomic E-state index is 0.701. The first kappa shape index (κ1) is 20.3. The van der Waals surface area contributed by atoms with Crippen LogP contribution in [0.1, 0.15) is 24.0 Å². The van der Waals surface area contributed by atoms with Gasteiger partial charge in [-0.3, -0.25) is 4.98 Å². The first-order valence-electron chi connectivity index (χ1n) is 11.8. The molecule has 0 N–H and O–H groups in total. The molecule has 1 aliphatic rings. The van der Waals surface area contributed by atoms with Crippen LogP contribution in [0.2, 0.25) is 0 Å². The Balaban J connectivity index is 1.69. The van der Waals surface area contributed by atoms with Crippen molar-refractivity contribution in [3.05, 3.63) is 120 Å². The van der Waals surface area contributed by atoms with Gasteiger partial charge in [0.25, 0.3) is 0 Å². The molecule has 1 aromatic heterocycles. The summed E-state index contributed by atoms with van der Waals surface area (Å²) >= 11 is 0. The third-order valence-corrected chi connectivity index (χ3v) is 9.17. The lowest BCUT2D eigenvalue weighted by atomic mass is 9.86. The Kier molecular flexibility index (Phi) is 5.50. The van der Waals surface area contributed by atoms with E-state index in [0.717, 1.165) is 12.1 Å². The van der Waals surface area contributed by atoms with Gasteiger partial charge in [-0.1, -0.05) is 97.1 Å². The Hall–Kier alpha value is -3.28. The predicted molar refractivity (Wildman–Crippen MR) is 143 cm³/mol. The van der Waals surface area contributed by atoms with Crippen molar-refractivity contribution in [1.82, 2.24) is 4.98 Å². The van der Waals surface area contributed by atoms with E-state index in [1.165, 1.54) is 62.6 Å². The number of hydrogen-bond donors (Lipinski definition) is 0. The molecule has 0 spiro atoms. The summed E-state index contributed by atoms with van der Waals surface area (Å²) in [5.74, 6) is 0. The molecule has 0 amide bonds. The lowest BCUT2D eigenvalue weighted by Crippen LogP contribution is -2.24. The van der Waals surface area contributed by atoms with Crippen molar-refractivity contribution in [2.45, 2.75) is 25.7 Å². The molecule has 0 unspecified atom stereocenters. The van der Waals surface area contributed by atoms with Crippen LogP contribution < -0.4 is 15.9 Å². The van der Waals surface area contributed by atoms with Crippen LogP contribution >= 0.6 is 7.92 Å². The highest BCUT2D eigenvalue weighted by Crippen LogP contribution is 2.41. The van der Waals surface area contributed by atoms with Gasteiger partial charge in [0.1, 0.15) is 0 Å². The van der Waals surface area contributed by atoms with Gasteiger partial charge in [-0.2, -0.15) is 0 Å². The smallest absolute Gasteiger partial charge is 0.0789 e. The van der Waals surface area contributed by atoms with Crippen LogP contribution in [0.3, 0.4) is 0 Å². The summed E-state index contributed by atoms with van der Waals surface area (Å²) in [7, 11) is -0.701. The third kappa shape index (κ3) is 3.77. The number of fused-ring (bicyclic) bond motifs is 2. The van der Waals surface area contributed by atoms with Crippen LogP contribution in [0.5, 0.6) is 0 Å². The summed E-state index contributed by atoms with van der Waals surface area (Å²) in [6, 6.07) is 37.7. The number of aryl methyl sites for hydroxylation is 1. The van der Waals surface area contributed by atoms with Crippen molar-refractivity contribution in [2.24, 2.45) is 0 Å². The van der Waals surface area contributed by atoms with E-state index in [0.29, 0.717) is 0 Å². The van der Waals surface area contributed by atoms with Crippen molar-refractivity contribution in [1.29, 1.82) is 0 Å². The molecule has 1 nitrogen and oxygen atoms in total. The monoisotopic (exact) mass is 443 g/mol. The summed E-state index contributed by atoms with van der Waals surface area (Å²) in [4.78, 5) is 5.03. The molecule has 6 rings (SSSR count). The zero-order valence-electron chi connectivity index (χ0n) is 18.6. The zero-order chi connectivity index (χ0) is 22.0. The van der Waals surface area contributed by atoms with Crippen LogP contribution in [-0.2, 0) is 12.8 Å². The molecular weight excluding hydrogens is 417 g/mol. The van der Waals surface area contributed by atoms with Crippen molar-refractivity contribution in [3.63, 3.8) is 0 Å². The van der Waals surface area contributed by atoms with Gasteiger partial charge in [0.15, 0.2) is 0 Å². The number of benzene rings is 4. The maximum atomic E-state index is 5.03. The predicted octanol–water partition coefficient (Wildman–Crippen LogP) is 6.54. The summed E-state index contributed by atoms with van der Waals surface area (Å²) in [5, 5.41) is 6.70. The second-order valence-corrected chi connectivity index (χ2v) is 10.9. The molecule has 0 atom stereocenters.